The molecule has 2 heteroatoms. The standard InChI is InChI=1S/C13H13NO/c1-2-3-5-11-6-4-7-12(8-11)13-9-14-10-15-13/h3-10H,2H2,1H3/b5-3+. The second kappa shape index (κ2) is 4.60. The van der Waals surface area contributed by atoms with Crippen LogP contribution in [0.15, 0.2) is 47.3 Å². The average molecular weight is 199 g/mol. The lowest BCUT2D eigenvalue weighted by Gasteiger charge is -1.97. The molecular weight excluding hydrogens is 186 g/mol. The SMILES string of the molecule is CC/C=C/c1cccc(-c2cnco2)c1. The van der Waals surface area contributed by atoms with Gasteiger partial charge in [0.2, 0.25) is 0 Å². The van der Waals surface area contributed by atoms with Gasteiger partial charge < -0.3 is 4.42 Å². The van der Waals surface area contributed by atoms with Crippen molar-refractivity contribution >= 4 is 6.08 Å². The lowest BCUT2D eigenvalue weighted by atomic mass is 10.1. The van der Waals surface area contributed by atoms with Crippen molar-refractivity contribution in [1.82, 2.24) is 4.98 Å². The van der Waals surface area contributed by atoms with Crippen LogP contribution in [0, 0.1) is 0 Å². The number of hydrogen-bond donors (Lipinski definition) is 0. The molecule has 0 fully saturated rings. The molecule has 1 heterocycles. The third kappa shape index (κ3) is 2.34. The van der Waals surface area contributed by atoms with Gasteiger partial charge in [-0.3, -0.25) is 0 Å². The molecule has 0 spiro atoms. The van der Waals surface area contributed by atoms with Crippen LogP contribution in [0.4, 0.5) is 0 Å². The van der Waals surface area contributed by atoms with E-state index in [1.165, 1.54) is 12.0 Å². The molecule has 0 aliphatic carbocycles. The fraction of sp³-hybridized carbons (Fsp3) is 0.154. The van der Waals surface area contributed by atoms with Gasteiger partial charge in [-0.05, 0) is 18.1 Å². The van der Waals surface area contributed by atoms with Crippen LogP contribution in [0.5, 0.6) is 0 Å². The summed E-state index contributed by atoms with van der Waals surface area (Å²) in [4.78, 5) is 3.91. The highest BCUT2D eigenvalue weighted by Gasteiger charge is 2.00. The second-order valence-corrected chi connectivity index (χ2v) is 3.30. The van der Waals surface area contributed by atoms with Crippen LogP contribution in [-0.2, 0) is 0 Å². The normalized spacial score (nSPS) is 11.0. The Morgan fingerprint density at radius 1 is 1.40 bits per heavy atom. The summed E-state index contributed by atoms with van der Waals surface area (Å²) < 4.78 is 5.24. The van der Waals surface area contributed by atoms with Crippen LogP contribution in [0.25, 0.3) is 17.4 Å². The van der Waals surface area contributed by atoms with Gasteiger partial charge in [0.05, 0.1) is 6.20 Å². The smallest absolute Gasteiger partial charge is 0.181 e. The number of aromatic nitrogens is 1. The zero-order valence-corrected chi connectivity index (χ0v) is 8.68. The minimum atomic E-state index is 0.807. The highest BCUT2D eigenvalue weighted by molar-refractivity contribution is 5.62. The minimum Gasteiger partial charge on any atom is -0.444 e. The van der Waals surface area contributed by atoms with E-state index in [2.05, 4.69) is 36.2 Å². The first-order chi connectivity index (χ1) is 7.40. The quantitative estimate of drug-likeness (QED) is 0.752. The highest BCUT2D eigenvalue weighted by atomic mass is 16.3. The van der Waals surface area contributed by atoms with Crippen LogP contribution in [0.2, 0.25) is 0 Å². The van der Waals surface area contributed by atoms with Crippen molar-refractivity contribution in [3.05, 3.63) is 48.5 Å². The van der Waals surface area contributed by atoms with Crippen molar-refractivity contribution in [1.29, 1.82) is 0 Å². The molecule has 0 saturated heterocycles. The third-order valence-corrected chi connectivity index (χ3v) is 2.15. The monoisotopic (exact) mass is 199 g/mol. The van der Waals surface area contributed by atoms with E-state index in [1.807, 2.05) is 12.1 Å². The number of nitrogens with zero attached hydrogens (tertiary/aromatic N) is 1. The average Bonchev–Trinajstić information content (AvgIpc) is 2.80. The third-order valence-electron chi connectivity index (χ3n) is 2.15. The lowest BCUT2D eigenvalue weighted by Crippen LogP contribution is -1.76. The van der Waals surface area contributed by atoms with E-state index in [9.17, 15) is 0 Å². The number of rotatable bonds is 3. The fourth-order valence-electron chi connectivity index (χ4n) is 1.41. The van der Waals surface area contributed by atoms with Crippen LogP contribution in [-0.4, -0.2) is 4.98 Å². The molecule has 0 atom stereocenters. The van der Waals surface area contributed by atoms with E-state index in [-0.39, 0.29) is 0 Å². The topological polar surface area (TPSA) is 26.0 Å². The van der Waals surface area contributed by atoms with Crippen molar-refractivity contribution in [2.24, 2.45) is 0 Å². The molecule has 2 nitrogen and oxygen atoms in total. The first kappa shape index (κ1) is 9.71. The molecule has 15 heavy (non-hydrogen) atoms. The summed E-state index contributed by atoms with van der Waals surface area (Å²) in [6, 6.07) is 8.20. The Morgan fingerprint density at radius 2 is 2.33 bits per heavy atom. The van der Waals surface area contributed by atoms with Crippen molar-refractivity contribution in [2.75, 3.05) is 0 Å². The predicted molar refractivity (Wildman–Crippen MR) is 61.3 cm³/mol. The van der Waals surface area contributed by atoms with Gasteiger partial charge >= 0.3 is 0 Å². The van der Waals surface area contributed by atoms with Gasteiger partial charge in [0.1, 0.15) is 0 Å². The van der Waals surface area contributed by atoms with E-state index in [0.717, 1.165) is 17.7 Å². The maximum absolute atomic E-state index is 5.24. The Labute approximate surface area is 89.3 Å². The molecule has 0 aliphatic rings. The van der Waals surface area contributed by atoms with Crippen molar-refractivity contribution in [2.45, 2.75) is 13.3 Å². The zero-order chi connectivity index (χ0) is 10.5. The van der Waals surface area contributed by atoms with Gasteiger partial charge in [-0.1, -0.05) is 37.3 Å². The first-order valence-corrected chi connectivity index (χ1v) is 5.05. The zero-order valence-electron chi connectivity index (χ0n) is 8.68. The maximum Gasteiger partial charge on any atom is 0.181 e. The highest BCUT2D eigenvalue weighted by Crippen LogP contribution is 2.20. The molecule has 2 aromatic rings. The summed E-state index contributed by atoms with van der Waals surface area (Å²) in [5, 5.41) is 0. The molecule has 0 saturated carbocycles. The van der Waals surface area contributed by atoms with E-state index in [4.69, 9.17) is 4.42 Å². The number of hydrogen-bond acceptors (Lipinski definition) is 2. The molecule has 2 rings (SSSR count). The summed E-state index contributed by atoms with van der Waals surface area (Å²) in [7, 11) is 0. The van der Waals surface area contributed by atoms with Crippen molar-refractivity contribution in [3.8, 4) is 11.3 Å². The van der Waals surface area contributed by atoms with Gasteiger partial charge in [-0.2, -0.15) is 0 Å². The predicted octanol–water partition coefficient (Wildman–Crippen LogP) is 3.76. The Hall–Kier alpha value is -1.83. The summed E-state index contributed by atoms with van der Waals surface area (Å²) in [5.41, 5.74) is 2.25. The van der Waals surface area contributed by atoms with Gasteiger partial charge in [-0.15, -0.1) is 0 Å². The van der Waals surface area contributed by atoms with Crippen LogP contribution < -0.4 is 0 Å². The fourth-order valence-corrected chi connectivity index (χ4v) is 1.41. The Kier molecular flexibility index (Phi) is 2.98. The molecule has 0 N–H and O–H groups in total. The van der Waals surface area contributed by atoms with Crippen LogP contribution in [0.1, 0.15) is 18.9 Å². The molecule has 1 aromatic heterocycles. The number of benzene rings is 1. The largest absolute Gasteiger partial charge is 0.444 e. The van der Waals surface area contributed by atoms with Gasteiger partial charge in [0, 0.05) is 5.56 Å². The van der Waals surface area contributed by atoms with Crippen LogP contribution in [0.3, 0.4) is 0 Å². The van der Waals surface area contributed by atoms with Gasteiger partial charge in [0.15, 0.2) is 12.2 Å². The molecule has 0 unspecified atom stereocenters. The number of allylic oxidation sites excluding steroid dienone is 1. The molecule has 0 aliphatic heterocycles. The molecule has 0 amide bonds. The second-order valence-electron chi connectivity index (χ2n) is 3.30. The van der Waals surface area contributed by atoms with Gasteiger partial charge in [-0.25, -0.2) is 4.98 Å². The van der Waals surface area contributed by atoms with E-state index in [0.29, 0.717) is 0 Å². The molecular formula is C13H13NO. The summed E-state index contributed by atoms with van der Waals surface area (Å²) in [6.45, 7) is 2.12. The summed E-state index contributed by atoms with van der Waals surface area (Å²) in [6.07, 6.45) is 8.47. The molecule has 76 valence electrons. The Bertz CT molecular complexity index is 443. The van der Waals surface area contributed by atoms with Crippen molar-refractivity contribution < 1.29 is 4.42 Å². The van der Waals surface area contributed by atoms with Crippen molar-refractivity contribution in [3.63, 3.8) is 0 Å². The molecule has 0 radical (unpaired) electrons. The Morgan fingerprint density at radius 3 is 3.07 bits per heavy atom. The maximum atomic E-state index is 5.24. The van der Waals surface area contributed by atoms with E-state index in [1.54, 1.807) is 6.20 Å². The Balaban J connectivity index is 2.31. The first-order valence-electron chi connectivity index (χ1n) is 5.05. The molecule has 0 bridgehead atoms. The lowest BCUT2D eigenvalue weighted by molar-refractivity contribution is 0.572. The summed E-state index contributed by atoms with van der Waals surface area (Å²) in [5.74, 6) is 0.807. The summed E-state index contributed by atoms with van der Waals surface area (Å²) >= 11 is 0. The minimum absolute atomic E-state index is 0.807. The van der Waals surface area contributed by atoms with Gasteiger partial charge in [0.25, 0.3) is 0 Å². The number of oxazole rings is 1. The van der Waals surface area contributed by atoms with E-state index >= 15 is 0 Å². The van der Waals surface area contributed by atoms with Crippen LogP contribution >= 0.6 is 0 Å². The van der Waals surface area contributed by atoms with E-state index < -0.39 is 0 Å². The molecule has 1 aromatic carbocycles.